The minimum atomic E-state index is 0.312. The second kappa shape index (κ2) is 6.78. The number of nitrogens with zero attached hydrogens (tertiary/aromatic N) is 1. The molecular weight excluding hydrogens is 262 g/mol. The number of benzene rings is 1. The van der Waals surface area contributed by atoms with Gasteiger partial charge in [0.15, 0.2) is 0 Å². The predicted octanol–water partition coefficient (Wildman–Crippen LogP) is 2.79. The monoisotopic (exact) mass is 285 g/mol. The van der Waals surface area contributed by atoms with Gasteiger partial charge in [0.2, 0.25) is 0 Å². The summed E-state index contributed by atoms with van der Waals surface area (Å²) in [5.74, 6) is 1.05. The van der Waals surface area contributed by atoms with Crippen LogP contribution in [0.15, 0.2) is 47.1 Å². The van der Waals surface area contributed by atoms with Gasteiger partial charge in [-0.3, -0.25) is 4.90 Å². The Morgan fingerprint density at radius 2 is 1.95 bits per heavy atom. The summed E-state index contributed by atoms with van der Waals surface area (Å²) < 4.78 is 5.63. The fourth-order valence-corrected chi connectivity index (χ4v) is 2.98. The van der Waals surface area contributed by atoms with Crippen molar-refractivity contribution >= 4 is 5.69 Å². The molecule has 3 N–H and O–H groups in total. The SMILES string of the molecule is Nc1ccccc1CNCC(c1ccco1)N1CCCC1. The molecule has 1 aliphatic rings. The molecule has 1 aromatic carbocycles. The fourth-order valence-electron chi connectivity index (χ4n) is 2.98. The second-order valence-electron chi connectivity index (χ2n) is 5.60. The smallest absolute Gasteiger partial charge is 0.122 e. The lowest BCUT2D eigenvalue weighted by Gasteiger charge is -2.26. The highest BCUT2D eigenvalue weighted by Crippen LogP contribution is 2.25. The van der Waals surface area contributed by atoms with Gasteiger partial charge >= 0.3 is 0 Å². The van der Waals surface area contributed by atoms with Crippen LogP contribution in [0.1, 0.15) is 30.2 Å². The van der Waals surface area contributed by atoms with Crippen LogP contribution in [0.3, 0.4) is 0 Å². The molecule has 0 aliphatic carbocycles. The lowest BCUT2D eigenvalue weighted by molar-refractivity contribution is 0.209. The molecule has 1 aromatic heterocycles. The van der Waals surface area contributed by atoms with Crippen LogP contribution in [0.2, 0.25) is 0 Å². The first-order valence-corrected chi connectivity index (χ1v) is 7.66. The van der Waals surface area contributed by atoms with Gasteiger partial charge in [-0.2, -0.15) is 0 Å². The molecule has 1 atom stereocenters. The number of rotatable bonds is 6. The first-order valence-electron chi connectivity index (χ1n) is 7.66. The standard InChI is InChI=1S/C17H23N3O/c18-15-7-2-1-6-14(15)12-19-13-16(17-8-5-11-21-17)20-9-3-4-10-20/h1-2,5-8,11,16,19H,3-4,9-10,12-13,18H2. The first kappa shape index (κ1) is 14.2. The van der Waals surface area contributed by atoms with Crippen molar-refractivity contribution in [3.63, 3.8) is 0 Å². The van der Waals surface area contributed by atoms with Crippen molar-refractivity contribution in [2.45, 2.75) is 25.4 Å². The van der Waals surface area contributed by atoms with Gasteiger partial charge in [-0.05, 0) is 49.7 Å². The summed E-state index contributed by atoms with van der Waals surface area (Å²) in [7, 11) is 0. The molecule has 4 heteroatoms. The average molecular weight is 285 g/mol. The van der Waals surface area contributed by atoms with Crippen LogP contribution in [-0.4, -0.2) is 24.5 Å². The normalized spacial score (nSPS) is 17.1. The van der Waals surface area contributed by atoms with E-state index in [1.165, 1.54) is 12.8 Å². The molecule has 2 aromatic rings. The molecule has 0 spiro atoms. The van der Waals surface area contributed by atoms with Crippen LogP contribution in [0.25, 0.3) is 0 Å². The van der Waals surface area contributed by atoms with Crippen molar-refractivity contribution in [2.75, 3.05) is 25.4 Å². The van der Waals surface area contributed by atoms with Crippen LogP contribution in [-0.2, 0) is 6.54 Å². The highest BCUT2D eigenvalue weighted by atomic mass is 16.3. The maximum atomic E-state index is 5.99. The van der Waals surface area contributed by atoms with E-state index in [0.717, 1.165) is 43.2 Å². The zero-order valence-corrected chi connectivity index (χ0v) is 12.3. The predicted molar refractivity (Wildman–Crippen MR) is 84.8 cm³/mol. The Morgan fingerprint density at radius 1 is 1.14 bits per heavy atom. The van der Waals surface area contributed by atoms with Crippen LogP contribution in [0, 0.1) is 0 Å². The summed E-state index contributed by atoms with van der Waals surface area (Å²) in [5.41, 5.74) is 7.98. The topological polar surface area (TPSA) is 54.4 Å². The van der Waals surface area contributed by atoms with Gasteiger partial charge < -0.3 is 15.5 Å². The van der Waals surface area contributed by atoms with Gasteiger partial charge in [0.25, 0.3) is 0 Å². The van der Waals surface area contributed by atoms with Gasteiger partial charge in [-0.15, -0.1) is 0 Å². The maximum absolute atomic E-state index is 5.99. The number of furan rings is 1. The average Bonchev–Trinajstić information content (AvgIpc) is 3.19. The largest absolute Gasteiger partial charge is 0.468 e. The van der Waals surface area contributed by atoms with Crippen LogP contribution in [0.4, 0.5) is 5.69 Å². The minimum Gasteiger partial charge on any atom is -0.468 e. The molecule has 112 valence electrons. The number of nitrogens with two attached hydrogens (primary N) is 1. The summed E-state index contributed by atoms with van der Waals surface area (Å²) in [5, 5.41) is 3.53. The molecule has 0 amide bonds. The van der Waals surface area contributed by atoms with E-state index in [0.29, 0.717) is 6.04 Å². The van der Waals surface area contributed by atoms with Crippen molar-refractivity contribution in [1.82, 2.24) is 10.2 Å². The van der Waals surface area contributed by atoms with Crippen LogP contribution >= 0.6 is 0 Å². The van der Waals surface area contributed by atoms with Gasteiger partial charge in [-0.1, -0.05) is 18.2 Å². The van der Waals surface area contributed by atoms with Gasteiger partial charge in [-0.25, -0.2) is 0 Å². The molecule has 0 radical (unpaired) electrons. The van der Waals surface area contributed by atoms with E-state index in [1.54, 1.807) is 6.26 Å². The summed E-state index contributed by atoms with van der Waals surface area (Å²) >= 11 is 0. The highest BCUT2D eigenvalue weighted by molar-refractivity contribution is 5.46. The Labute approximate surface area is 125 Å². The van der Waals surface area contributed by atoms with Crippen LogP contribution < -0.4 is 11.1 Å². The molecular formula is C17H23N3O. The first-order chi connectivity index (χ1) is 10.3. The quantitative estimate of drug-likeness (QED) is 0.801. The van der Waals surface area contributed by atoms with E-state index in [-0.39, 0.29) is 0 Å². The number of para-hydroxylation sites is 1. The molecule has 0 bridgehead atoms. The molecule has 1 unspecified atom stereocenters. The number of anilines is 1. The van der Waals surface area contributed by atoms with Gasteiger partial charge in [0, 0.05) is 18.8 Å². The lowest BCUT2D eigenvalue weighted by atomic mass is 10.1. The van der Waals surface area contributed by atoms with Crippen molar-refractivity contribution in [3.8, 4) is 0 Å². The highest BCUT2D eigenvalue weighted by Gasteiger charge is 2.25. The van der Waals surface area contributed by atoms with E-state index < -0.39 is 0 Å². The minimum absolute atomic E-state index is 0.312. The van der Waals surface area contributed by atoms with Crippen molar-refractivity contribution in [3.05, 3.63) is 54.0 Å². The van der Waals surface area contributed by atoms with E-state index in [2.05, 4.69) is 22.3 Å². The Balaban J connectivity index is 1.61. The Hall–Kier alpha value is -1.78. The van der Waals surface area contributed by atoms with Crippen molar-refractivity contribution in [2.24, 2.45) is 0 Å². The molecule has 21 heavy (non-hydrogen) atoms. The zero-order chi connectivity index (χ0) is 14.5. The third-order valence-corrected chi connectivity index (χ3v) is 4.16. The Morgan fingerprint density at radius 3 is 2.67 bits per heavy atom. The molecule has 4 nitrogen and oxygen atoms in total. The Bertz CT molecular complexity index is 547. The zero-order valence-electron chi connectivity index (χ0n) is 12.3. The molecule has 1 fully saturated rings. The summed E-state index contributed by atoms with van der Waals surface area (Å²) in [6.45, 7) is 3.97. The van der Waals surface area contributed by atoms with Crippen LogP contribution in [0.5, 0.6) is 0 Å². The van der Waals surface area contributed by atoms with Crippen molar-refractivity contribution in [1.29, 1.82) is 0 Å². The molecule has 1 saturated heterocycles. The fraction of sp³-hybridized carbons (Fsp3) is 0.412. The molecule has 0 saturated carbocycles. The number of likely N-dealkylation sites (tertiary alicyclic amines) is 1. The molecule has 3 rings (SSSR count). The number of hydrogen-bond acceptors (Lipinski definition) is 4. The molecule has 1 aliphatic heterocycles. The summed E-state index contributed by atoms with van der Waals surface area (Å²) in [6.07, 6.45) is 4.32. The van der Waals surface area contributed by atoms with Crippen molar-refractivity contribution < 1.29 is 4.42 Å². The lowest BCUT2D eigenvalue weighted by Crippen LogP contribution is -2.33. The number of nitrogens with one attached hydrogen (secondary N) is 1. The summed E-state index contributed by atoms with van der Waals surface area (Å²) in [4.78, 5) is 2.50. The van der Waals surface area contributed by atoms with Gasteiger partial charge in [0.05, 0.1) is 12.3 Å². The maximum Gasteiger partial charge on any atom is 0.122 e. The van der Waals surface area contributed by atoms with E-state index in [9.17, 15) is 0 Å². The van der Waals surface area contributed by atoms with E-state index >= 15 is 0 Å². The number of nitrogen functional groups attached to an aromatic ring is 1. The summed E-state index contributed by atoms with van der Waals surface area (Å²) in [6, 6.07) is 12.4. The van der Waals surface area contributed by atoms with Gasteiger partial charge in [0.1, 0.15) is 5.76 Å². The third kappa shape index (κ3) is 3.46. The van der Waals surface area contributed by atoms with E-state index in [4.69, 9.17) is 10.2 Å². The van der Waals surface area contributed by atoms with E-state index in [1.807, 2.05) is 24.3 Å². The molecule has 2 heterocycles. The Kier molecular flexibility index (Phi) is 4.58. The number of hydrogen-bond donors (Lipinski definition) is 2. The second-order valence-corrected chi connectivity index (χ2v) is 5.60. The third-order valence-electron chi connectivity index (χ3n) is 4.16.